The first-order valence-corrected chi connectivity index (χ1v) is 16.0. The highest BCUT2D eigenvalue weighted by Crippen LogP contribution is 2.52. The Bertz CT molecular complexity index is 1870. The summed E-state index contributed by atoms with van der Waals surface area (Å²) >= 11 is 0. The number of methoxy groups -OCH3 is 1. The van der Waals surface area contributed by atoms with Crippen LogP contribution in [0.2, 0.25) is 0 Å². The van der Waals surface area contributed by atoms with Crippen LogP contribution in [0.4, 0.5) is 4.79 Å². The summed E-state index contributed by atoms with van der Waals surface area (Å²) in [5, 5.41) is 57.9. The lowest BCUT2D eigenvalue weighted by molar-refractivity contribution is -0.249. The van der Waals surface area contributed by atoms with Crippen LogP contribution in [0.5, 0.6) is 17.2 Å². The number of nitrogens with one attached hydrogen (secondary N) is 1. The number of hydrogen-bond acceptors (Lipinski definition) is 13. The van der Waals surface area contributed by atoms with Crippen molar-refractivity contribution in [2.75, 3.05) is 13.7 Å². The van der Waals surface area contributed by atoms with Crippen LogP contribution in [0.3, 0.4) is 0 Å². The van der Waals surface area contributed by atoms with Crippen LogP contribution in [0, 0.1) is 6.92 Å². The Hall–Kier alpha value is -4.86. The lowest BCUT2D eigenvalue weighted by Crippen LogP contribution is -2.56. The number of ether oxygens (including phenoxy) is 4. The van der Waals surface area contributed by atoms with Crippen LogP contribution < -0.4 is 10.1 Å². The molecule has 14 heteroatoms. The molecule has 0 saturated carbocycles. The van der Waals surface area contributed by atoms with E-state index in [0.717, 1.165) is 11.1 Å². The van der Waals surface area contributed by atoms with Crippen molar-refractivity contribution >= 4 is 23.4 Å². The van der Waals surface area contributed by atoms with Gasteiger partial charge in [0.05, 0.1) is 42.0 Å². The Balaban J connectivity index is 1.33. The van der Waals surface area contributed by atoms with Crippen LogP contribution in [0.15, 0.2) is 42.5 Å². The zero-order valence-corrected chi connectivity index (χ0v) is 27.5. The van der Waals surface area contributed by atoms with Gasteiger partial charge in [0.1, 0.15) is 42.2 Å². The van der Waals surface area contributed by atoms with Crippen LogP contribution in [-0.4, -0.2) is 92.8 Å². The topological polar surface area (TPSA) is 218 Å². The number of aliphatic hydroxyl groups excluding tert-OH is 2. The molecule has 14 nitrogen and oxygen atoms in total. The number of phenolic OH excluding ortho intramolecular Hbond substituents is 2. The van der Waals surface area contributed by atoms with Crippen LogP contribution >= 0.6 is 0 Å². The molecule has 1 amide bonds. The molecule has 6 atom stereocenters. The van der Waals surface area contributed by atoms with E-state index in [-0.39, 0.29) is 41.0 Å². The van der Waals surface area contributed by atoms with Gasteiger partial charge in [0.2, 0.25) is 5.78 Å². The molecule has 3 aromatic carbocycles. The fraction of sp³-hybridized carbons (Fsp3) is 0.389. The Morgan fingerprint density at radius 3 is 2.40 bits per heavy atom. The molecule has 6 N–H and O–H groups in total. The van der Waals surface area contributed by atoms with Gasteiger partial charge >= 0.3 is 6.09 Å². The summed E-state index contributed by atoms with van der Waals surface area (Å²) in [5.41, 5.74) is -2.20. The molecule has 0 bridgehead atoms. The molecule has 1 aliphatic heterocycles. The average Bonchev–Trinajstić information content (AvgIpc) is 3.09. The van der Waals surface area contributed by atoms with E-state index in [1.54, 1.807) is 0 Å². The van der Waals surface area contributed by atoms with E-state index in [4.69, 9.17) is 18.9 Å². The molecular weight excluding hydrogens is 654 g/mol. The zero-order chi connectivity index (χ0) is 36.1. The molecule has 0 radical (unpaired) electrons. The third-order valence-corrected chi connectivity index (χ3v) is 9.55. The summed E-state index contributed by atoms with van der Waals surface area (Å²) in [4.78, 5) is 53.1. The van der Waals surface area contributed by atoms with E-state index in [9.17, 15) is 44.7 Å². The molecule has 1 fully saturated rings. The molecule has 264 valence electrons. The van der Waals surface area contributed by atoms with Gasteiger partial charge in [-0.2, -0.15) is 0 Å². The van der Waals surface area contributed by atoms with E-state index in [0.29, 0.717) is 0 Å². The van der Waals surface area contributed by atoms with Crippen molar-refractivity contribution in [2.45, 2.75) is 76.0 Å². The lowest BCUT2D eigenvalue weighted by Gasteiger charge is -2.42. The number of rotatable bonds is 8. The number of carbonyl (C=O) groups excluding carboxylic acids is 4. The maximum Gasteiger partial charge on any atom is 0.407 e. The van der Waals surface area contributed by atoms with E-state index in [2.05, 4.69) is 5.32 Å². The van der Waals surface area contributed by atoms with Gasteiger partial charge in [-0.05, 0) is 25.5 Å². The minimum atomic E-state index is -2.33. The molecule has 2 aliphatic carbocycles. The third-order valence-electron chi connectivity index (χ3n) is 9.55. The minimum Gasteiger partial charge on any atom is -0.507 e. The molecule has 1 heterocycles. The van der Waals surface area contributed by atoms with Gasteiger partial charge in [-0.15, -0.1) is 0 Å². The Labute approximate surface area is 286 Å². The SMILES string of the molecule is COc1cccc2c1C(=O)c1c(O)c3c(c(O)c1C2=O)C[C@@](O)(C(=O)CO)C[C@@H]3O[C@H]1C[C@H](NC(=O)OCc2ccc(C)cc2)[C@H](O)[C@H](C)O1. The smallest absolute Gasteiger partial charge is 0.407 e. The molecule has 3 aliphatic rings. The van der Waals surface area contributed by atoms with Crippen molar-refractivity contribution in [3.05, 3.63) is 87.0 Å². The molecule has 1 saturated heterocycles. The minimum absolute atomic E-state index is 0.0259. The van der Waals surface area contributed by atoms with E-state index < -0.39 is 102 Å². The number of aliphatic hydroxyl groups is 3. The number of fused-ring (bicyclic) bond motifs is 3. The van der Waals surface area contributed by atoms with Gasteiger partial charge in [-0.25, -0.2) is 4.79 Å². The van der Waals surface area contributed by atoms with Gasteiger partial charge in [0.15, 0.2) is 17.9 Å². The first kappa shape index (κ1) is 35.0. The number of aromatic hydroxyl groups is 2. The molecular formula is C36H37NO13. The lowest BCUT2D eigenvalue weighted by atomic mass is 9.72. The molecule has 3 aromatic rings. The maximum atomic E-state index is 13.9. The van der Waals surface area contributed by atoms with Crippen molar-refractivity contribution in [2.24, 2.45) is 0 Å². The number of ketones is 3. The van der Waals surface area contributed by atoms with Gasteiger partial charge in [0.25, 0.3) is 0 Å². The Morgan fingerprint density at radius 1 is 1.02 bits per heavy atom. The summed E-state index contributed by atoms with van der Waals surface area (Å²) < 4.78 is 22.7. The van der Waals surface area contributed by atoms with Gasteiger partial charge < -0.3 is 49.8 Å². The fourth-order valence-electron chi connectivity index (χ4n) is 6.88. The third kappa shape index (κ3) is 6.09. The summed E-state index contributed by atoms with van der Waals surface area (Å²) in [6, 6.07) is 10.7. The first-order chi connectivity index (χ1) is 23.8. The zero-order valence-electron chi connectivity index (χ0n) is 27.5. The highest BCUT2D eigenvalue weighted by atomic mass is 16.7. The molecule has 6 rings (SSSR count). The highest BCUT2D eigenvalue weighted by molar-refractivity contribution is 6.31. The Morgan fingerprint density at radius 2 is 1.72 bits per heavy atom. The normalized spacial score (nSPS) is 25.6. The molecule has 0 unspecified atom stereocenters. The van der Waals surface area contributed by atoms with E-state index >= 15 is 0 Å². The molecule has 50 heavy (non-hydrogen) atoms. The standard InChI is InChI=1S/C36H37NO13/c1-16-7-9-18(10-8-16)15-48-35(45)37-21-11-25(49-17(2)30(21)40)50-23-13-36(46,24(39)14-38)12-20-27(23)34(44)29-28(32(20)42)31(41)19-5-4-6-22(47-3)26(19)33(29)43/h4-10,17,21,23,25,30,38,40,42,44,46H,11-15H2,1-3H3,(H,37,45)/t17-,21-,23-,25-,30+,36-/m0/s1. The molecule has 0 spiro atoms. The number of aryl methyl sites for hydroxylation is 1. The largest absolute Gasteiger partial charge is 0.507 e. The van der Waals surface area contributed by atoms with E-state index in [1.807, 2.05) is 31.2 Å². The highest BCUT2D eigenvalue weighted by Gasteiger charge is 2.50. The van der Waals surface area contributed by atoms with E-state index in [1.165, 1.54) is 32.2 Å². The predicted octanol–water partition coefficient (Wildman–Crippen LogP) is 2.28. The first-order valence-electron chi connectivity index (χ1n) is 16.0. The summed E-state index contributed by atoms with van der Waals surface area (Å²) in [6.07, 6.45) is -6.97. The molecule has 0 aromatic heterocycles. The maximum absolute atomic E-state index is 13.9. The van der Waals surface area contributed by atoms with Crippen LogP contribution in [0.1, 0.15) is 80.0 Å². The van der Waals surface area contributed by atoms with Gasteiger partial charge in [-0.1, -0.05) is 42.0 Å². The van der Waals surface area contributed by atoms with Crippen LogP contribution in [-0.2, 0) is 32.0 Å². The fourth-order valence-corrected chi connectivity index (χ4v) is 6.88. The second-order valence-corrected chi connectivity index (χ2v) is 12.8. The van der Waals surface area contributed by atoms with Crippen molar-refractivity contribution < 1.29 is 63.7 Å². The quantitative estimate of drug-likeness (QED) is 0.146. The number of alkyl carbamates (subject to hydrolysis) is 1. The summed E-state index contributed by atoms with van der Waals surface area (Å²) in [5.74, 6) is -4.03. The van der Waals surface area contributed by atoms with Gasteiger partial charge in [-0.3, -0.25) is 14.4 Å². The number of benzene rings is 3. The van der Waals surface area contributed by atoms with Crippen molar-refractivity contribution in [3.63, 3.8) is 0 Å². The monoisotopic (exact) mass is 691 g/mol. The predicted molar refractivity (Wildman–Crippen MR) is 172 cm³/mol. The van der Waals surface area contributed by atoms with Crippen molar-refractivity contribution in [3.8, 4) is 17.2 Å². The van der Waals surface area contributed by atoms with Crippen molar-refractivity contribution in [1.82, 2.24) is 5.32 Å². The van der Waals surface area contributed by atoms with Crippen LogP contribution in [0.25, 0.3) is 0 Å². The summed E-state index contributed by atoms with van der Waals surface area (Å²) in [6.45, 7) is 2.36. The number of amides is 1. The number of carbonyl (C=O) groups is 4. The Kier molecular flexibility index (Phi) is 9.41. The summed E-state index contributed by atoms with van der Waals surface area (Å²) in [7, 11) is 1.31. The number of hydrogen-bond donors (Lipinski definition) is 6. The second-order valence-electron chi connectivity index (χ2n) is 12.8. The second kappa shape index (κ2) is 13.5. The average molecular weight is 692 g/mol. The number of Topliss-reactive ketones (excluding diaryl/α,β-unsaturated/α-hetero) is 1. The van der Waals surface area contributed by atoms with Gasteiger partial charge in [0, 0.05) is 36.0 Å². The number of phenols is 2. The van der Waals surface area contributed by atoms with Crippen molar-refractivity contribution in [1.29, 1.82) is 0 Å².